The molecule has 0 aromatic carbocycles. The maximum absolute atomic E-state index is 10.9. The lowest BCUT2D eigenvalue weighted by atomic mass is 10.5. The fourth-order valence-electron chi connectivity index (χ4n) is 0.620. The van der Waals surface area contributed by atoms with Gasteiger partial charge >= 0.3 is 6.03 Å². The van der Waals surface area contributed by atoms with Crippen LogP contribution in [0.2, 0.25) is 0 Å². The standard InChI is InChI=1S/C8H17N3O/c1-4-5-9-6-7-10-8(12)11(2)3/h4,9H,1,5-7H2,2-3H3,(H,10,12). The van der Waals surface area contributed by atoms with Crippen molar-refractivity contribution in [1.82, 2.24) is 15.5 Å². The molecule has 12 heavy (non-hydrogen) atoms. The normalized spacial score (nSPS) is 9.17. The molecule has 0 bridgehead atoms. The van der Waals surface area contributed by atoms with Crippen LogP contribution in [0, 0.1) is 0 Å². The van der Waals surface area contributed by atoms with Crippen molar-refractivity contribution in [3.8, 4) is 0 Å². The number of amides is 2. The van der Waals surface area contributed by atoms with Crippen LogP contribution in [0.4, 0.5) is 4.79 Å². The van der Waals surface area contributed by atoms with Crippen LogP contribution in [-0.4, -0.2) is 44.7 Å². The molecule has 0 fully saturated rings. The van der Waals surface area contributed by atoms with E-state index in [4.69, 9.17) is 0 Å². The Hall–Kier alpha value is -1.03. The molecule has 0 radical (unpaired) electrons. The number of rotatable bonds is 5. The Kier molecular flexibility index (Phi) is 6.09. The third kappa shape index (κ3) is 5.73. The van der Waals surface area contributed by atoms with Gasteiger partial charge in [-0.15, -0.1) is 6.58 Å². The monoisotopic (exact) mass is 171 g/mol. The fourth-order valence-corrected chi connectivity index (χ4v) is 0.620. The predicted molar refractivity (Wildman–Crippen MR) is 50.2 cm³/mol. The van der Waals surface area contributed by atoms with Crippen LogP contribution >= 0.6 is 0 Å². The highest BCUT2D eigenvalue weighted by Crippen LogP contribution is 1.74. The molecular formula is C8H17N3O. The number of carbonyl (C=O) groups is 1. The van der Waals surface area contributed by atoms with Crippen molar-refractivity contribution in [1.29, 1.82) is 0 Å². The van der Waals surface area contributed by atoms with Gasteiger partial charge in [-0.05, 0) is 0 Å². The molecule has 0 aliphatic heterocycles. The van der Waals surface area contributed by atoms with Crippen molar-refractivity contribution < 1.29 is 4.79 Å². The Morgan fingerprint density at radius 1 is 1.50 bits per heavy atom. The minimum absolute atomic E-state index is 0.0598. The van der Waals surface area contributed by atoms with Crippen LogP contribution in [0.5, 0.6) is 0 Å². The Morgan fingerprint density at radius 3 is 2.67 bits per heavy atom. The van der Waals surface area contributed by atoms with Gasteiger partial charge in [0.05, 0.1) is 0 Å². The van der Waals surface area contributed by atoms with Crippen molar-refractivity contribution in [2.45, 2.75) is 0 Å². The first-order valence-electron chi connectivity index (χ1n) is 3.95. The second-order valence-electron chi connectivity index (χ2n) is 2.62. The van der Waals surface area contributed by atoms with Crippen LogP contribution in [0.15, 0.2) is 12.7 Å². The minimum Gasteiger partial charge on any atom is -0.337 e. The maximum Gasteiger partial charge on any atom is 0.316 e. The summed E-state index contributed by atoms with van der Waals surface area (Å²) in [4.78, 5) is 12.4. The highest BCUT2D eigenvalue weighted by Gasteiger charge is 1.99. The molecule has 0 unspecified atom stereocenters. The van der Waals surface area contributed by atoms with E-state index in [1.54, 1.807) is 20.2 Å². The number of urea groups is 1. The summed E-state index contributed by atoms with van der Waals surface area (Å²) in [6.07, 6.45) is 1.79. The topological polar surface area (TPSA) is 44.4 Å². The smallest absolute Gasteiger partial charge is 0.316 e. The highest BCUT2D eigenvalue weighted by molar-refractivity contribution is 5.73. The SMILES string of the molecule is C=CCNCCNC(=O)N(C)C. The van der Waals surface area contributed by atoms with Crippen LogP contribution < -0.4 is 10.6 Å². The number of nitrogens with zero attached hydrogens (tertiary/aromatic N) is 1. The maximum atomic E-state index is 10.9. The average molecular weight is 171 g/mol. The molecular weight excluding hydrogens is 154 g/mol. The van der Waals surface area contributed by atoms with E-state index in [2.05, 4.69) is 17.2 Å². The number of carbonyl (C=O) groups excluding carboxylic acids is 1. The van der Waals surface area contributed by atoms with Gasteiger partial charge in [0, 0.05) is 33.7 Å². The molecule has 4 nitrogen and oxygen atoms in total. The van der Waals surface area contributed by atoms with E-state index < -0.39 is 0 Å². The van der Waals surface area contributed by atoms with Crippen molar-refractivity contribution in [3.63, 3.8) is 0 Å². The van der Waals surface area contributed by atoms with Crippen molar-refractivity contribution in [3.05, 3.63) is 12.7 Å². The van der Waals surface area contributed by atoms with Crippen LogP contribution in [0.1, 0.15) is 0 Å². The van der Waals surface area contributed by atoms with E-state index >= 15 is 0 Å². The van der Waals surface area contributed by atoms with Crippen LogP contribution in [0.25, 0.3) is 0 Å². The molecule has 2 N–H and O–H groups in total. The molecule has 0 rings (SSSR count). The largest absolute Gasteiger partial charge is 0.337 e. The van der Waals surface area contributed by atoms with E-state index in [-0.39, 0.29) is 6.03 Å². The zero-order valence-corrected chi connectivity index (χ0v) is 7.76. The molecule has 0 saturated carbocycles. The second kappa shape index (κ2) is 6.67. The van der Waals surface area contributed by atoms with E-state index in [1.165, 1.54) is 4.90 Å². The molecule has 2 amide bonds. The third-order valence-electron chi connectivity index (χ3n) is 1.27. The van der Waals surface area contributed by atoms with Crippen LogP contribution in [-0.2, 0) is 0 Å². The van der Waals surface area contributed by atoms with Gasteiger partial charge in [-0.3, -0.25) is 0 Å². The Balaban J connectivity index is 3.19. The van der Waals surface area contributed by atoms with Crippen LogP contribution in [0.3, 0.4) is 0 Å². The van der Waals surface area contributed by atoms with Gasteiger partial charge in [-0.1, -0.05) is 6.08 Å². The molecule has 0 aromatic rings. The Morgan fingerprint density at radius 2 is 2.17 bits per heavy atom. The van der Waals surface area contributed by atoms with Crippen molar-refractivity contribution in [2.24, 2.45) is 0 Å². The summed E-state index contributed by atoms with van der Waals surface area (Å²) in [5.74, 6) is 0. The number of hydrogen-bond acceptors (Lipinski definition) is 2. The second-order valence-corrected chi connectivity index (χ2v) is 2.62. The van der Waals surface area contributed by atoms with Gasteiger partial charge in [0.2, 0.25) is 0 Å². The summed E-state index contributed by atoms with van der Waals surface area (Å²) >= 11 is 0. The lowest BCUT2D eigenvalue weighted by molar-refractivity contribution is 0.217. The molecule has 0 aliphatic carbocycles. The van der Waals surface area contributed by atoms with Gasteiger partial charge in [0.25, 0.3) is 0 Å². The summed E-state index contributed by atoms with van der Waals surface area (Å²) in [6, 6.07) is -0.0598. The number of hydrogen-bond donors (Lipinski definition) is 2. The zero-order valence-electron chi connectivity index (χ0n) is 7.76. The summed E-state index contributed by atoms with van der Waals surface area (Å²) in [7, 11) is 3.43. The quantitative estimate of drug-likeness (QED) is 0.453. The molecule has 0 aromatic heterocycles. The molecule has 0 heterocycles. The van der Waals surface area contributed by atoms with E-state index in [1.807, 2.05) is 0 Å². The molecule has 0 aliphatic rings. The van der Waals surface area contributed by atoms with Gasteiger partial charge in [-0.2, -0.15) is 0 Å². The summed E-state index contributed by atoms with van der Waals surface area (Å²) in [5.41, 5.74) is 0. The molecule has 0 atom stereocenters. The summed E-state index contributed by atoms with van der Waals surface area (Å²) in [6.45, 7) is 5.75. The molecule has 0 spiro atoms. The van der Waals surface area contributed by atoms with Crippen molar-refractivity contribution in [2.75, 3.05) is 33.7 Å². The van der Waals surface area contributed by atoms with Gasteiger partial charge in [0.1, 0.15) is 0 Å². The summed E-state index contributed by atoms with van der Waals surface area (Å²) < 4.78 is 0. The van der Waals surface area contributed by atoms with Gasteiger partial charge in [0.15, 0.2) is 0 Å². The third-order valence-corrected chi connectivity index (χ3v) is 1.27. The predicted octanol–water partition coefficient (Wildman–Crippen LogP) is 0.0332. The lowest BCUT2D eigenvalue weighted by Crippen LogP contribution is -2.38. The number of nitrogens with one attached hydrogen (secondary N) is 2. The van der Waals surface area contributed by atoms with Gasteiger partial charge < -0.3 is 15.5 Å². The first kappa shape index (κ1) is 11.0. The van der Waals surface area contributed by atoms with Gasteiger partial charge in [-0.25, -0.2) is 4.79 Å². The van der Waals surface area contributed by atoms with E-state index in [9.17, 15) is 4.79 Å². The fraction of sp³-hybridized carbons (Fsp3) is 0.625. The molecule has 70 valence electrons. The zero-order chi connectivity index (χ0) is 9.40. The van der Waals surface area contributed by atoms with Crippen molar-refractivity contribution >= 4 is 6.03 Å². The molecule has 0 saturated heterocycles. The first-order valence-corrected chi connectivity index (χ1v) is 3.95. The Bertz CT molecular complexity index is 145. The molecule has 4 heteroatoms. The first-order chi connectivity index (χ1) is 5.68. The average Bonchev–Trinajstić information content (AvgIpc) is 2.03. The minimum atomic E-state index is -0.0598. The van der Waals surface area contributed by atoms with E-state index in [0.29, 0.717) is 6.54 Å². The summed E-state index contributed by atoms with van der Waals surface area (Å²) in [5, 5.41) is 5.81. The lowest BCUT2D eigenvalue weighted by Gasteiger charge is -2.11. The highest BCUT2D eigenvalue weighted by atomic mass is 16.2. The van der Waals surface area contributed by atoms with E-state index in [0.717, 1.165) is 13.1 Å². The Labute approximate surface area is 73.6 Å².